The summed E-state index contributed by atoms with van der Waals surface area (Å²) in [5, 5.41) is 10.5. The Labute approximate surface area is 190 Å². The fourth-order valence-corrected chi connectivity index (χ4v) is 4.32. The molecule has 3 aromatic carbocycles. The Morgan fingerprint density at radius 2 is 1.03 bits per heavy atom. The second-order valence-electron chi connectivity index (χ2n) is 7.93. The summed E-state index contributed by atoms with van der Waals surface area (Å²) in [4.78, 5) is 0. The van der Waals surface area contributed by atoms with Gasteiger partial charge in [0.1, 0.15) is 28.7 Å². The number of benzene rings is 3. The van der Waals surface area contributed by atoms with Gasteiger partial charge in [0.05, 0.1) is 0 Å². The zero-order valence-electron chi connectivity index (χ0n) is 16.9. The predicted molar refractivity (Wildman–Crippen MR) is 106 cm³/mol. The van der Waals surface area contributed by atoms with E-state index in [0.717, 1.165) is 18.2 Å². The quantitative estimate of drug-likeness (QED) is 0.277. The first-order valence-electron chi connectivity index (χ1n) is 9.84. The van der Waals surface area contributed by atoms with E-state index in [9.17, 15) is 35.8 Å². The summed E-state index contributed by atoms with van der Waals surface area (Å²) in [6.45, 7) is -1.51. The molecule has 0 spiro atoms. The van der Waals surface area contributed by atoms with Gasteiger partial charge in [-0.15, -0.1) is 0 Å². The van der Waals surface area contributed by atoms with Gasteiger partial charge in [-0.3, -0.25) is 0 Å². The lowest BCUT2D eigenvalue weighted by molar-refractivity contribution is -0.399. The molecule has 35 heavy (non-hydrogen) atoms. The summed E-state index contributed by atoms with van der Waals surface area (Å²) >= 11 is 0. The average Bonchev–Trinajstić information content (AvgIpc) is 2.77. The highest BCUT2D eigenvalue weighted by atomic mass is 19.4. The van der Waals surface area contributed by atoms with Crippen LogP contribution in [-0.4, -0.2) is 29.8 Å². The number of halogens is 9. The topological polar surface area (TPSA) is 38.7 Å². The standard InChI is InChI=1S/C22H10BF9O3/c24-19(25,20(26,27)21(28,29)22(30,31)32)10-4-1-6-12-16(10)23-17-11(33)5-2-7-13(17)35-15-9-3-8-14(34-12)18(15)23/h1-9,33H. The average molecular weight is 504 g/mol. The number of rotatable bonds is 3. The fourth-order valence-electron chi connectivity index (χ4n) is 4.32. The van der Waals surface area contributed by atoms with Gasteiger partial charge in [0.2, 0.25) is 0 Å². The Bertz CT molecular complexity index is 1320. The maximum Gasteiger partial charge on any atom is 0.460 e. The van der Waals surface area contributed by atoms with Crippen molar-refractivity contribution in [2.24, 2.45) is 0 Å². The van der Waals surface area contributed by atoms with Crippen molar-refractivity contribution in [3.05, 3.63) is 60.2 Å². The first-order chi connectivity index (χ1) is 16.2. The fraction of sp³-hybridized carbons (Fsp3) is 0.182. The molecule has 5 rings (SSSR count). The van der Waals surface area contributed by atoms with Crippen molar-refractivity contribution in [3.8, 4) is 28.7 Å². The molecule has 0 unspecified atom stereocenters. The molecule has 2 heterocycles. The van der Waals surface area contributed by atoms with Crippen molar-refractivity contribution < 1.29 is 54.1 Å². The van der Waals surface area contributed by atoms with E-state index in [1.165, 1.54) is 30.3 Å². The molecular weight excluding hydrogens is 494 g/mol. The molecule has 0 saturated carbocycles. The second-order valence-corrected chi connectivity index (χ2v) is 7.93. The predicted octanol–water partition coefficient (Wildman–Crippen LogP) is 5.04. The maximum atomic E-state index is 15.1. The van der Waals surface area contributed by atoms with Crippen LogP contribution < -0.4 is 25.9 Å². The van der Waals surface area contributed by atoms with Crippen LogP contribution in [0.3, 0.4) is 0 Å². The van der Waals surface area contributed by atoms with E-state index in [0.29, 0.717) is 6.07 Å². The van der Waals surface area contributed by atoms with Crippen LogP contribution in [0.2, 0.25) is 0 Å². The molecule has 13 heteroatoms. The summed E-state index contributed by atoms with van der Waals surface area (Å²) in [7, 11) is 0. The Morgan fingerprint density at radius 1 is 0.571 bits per heavy atom. The highest BCUT2D eigenvalue weighted by Crippen LogP contribution is 2.57. The van der Waals surface area contributed by atoms with Crippen molar-refractivity contribution in [2.75, 3.05) is 0 Å². The highest BCUT2D eigenvalue weighted by Gasteiger charge is 2.82. The molecule has 0 aliphatic carbocycles. The number of hydrogen-bond donors (Lipinski definition) is 1. The summed E-state index contributed by atoms with van der Waals surface area (Å²) in [5.74, 6) is -21.0. The van der Waals surface area contributed by atoms with Gasteiger partial charge >= 0.3 is 23.9 Å². The van der Waals surface area contributed by atoms with Crippen molar-refractivity contribution in [3.63, 3.8) is 0 Å². The van der Waals surface area contributed by atoms with Gasteiger partial charge in [-0.2, -0.15) is 39.5 Å². The Morgan fingerprint density at radius 3 is 1.57 bits per heavy atom. The van der Waals surface area contributed by atoms with E-state index in [1.54, 1.807) is 0 Å². The molecule has 3 aromatic rings. The first-order valence-corrected chi connectivity index (χ1v) is 9.84. The van der Waals surface area contributed by atoms with Crippen LogP contribution in [0.25, 0.3) is 0 Å². The smallest absolute Gasteiger partial charge is 0.460 e. The number of alkyl halides is 9. The van der Waals surface area contributed by atoms with Gasteiger partial charge in [0.25, 0.3) is 6.71 Å². The van der Waals surface area contributed by atoms with Crippen LogP contribution in [-0.2, 0) is 5.92 Å². The van der Waals surface area contributed by atoms with Gasteiger partial charge < -0.3 is 14.6 Å². The molecular formula is C22H10BF9O3. The van der Waals surface area contributed by atoms with Crippen LogP contribution in [0.1, 0.15) is 5.56 Å². The molecule has 2 aliphatic heterocycles. The van der Waals surface area contributed by atoms with Crippen LogP contribution in [0.4, 0.5) is 39.5 Å². The van der Waals surface area contributed by atoms with E-state index in [4.69, 9.17) is 9.47 Å². The number of phenols is 1. The van der Waals surface area contributed by atoms with Gasteiger partial charge in [-0.25, -0.2) is 0 Å². The molecule has 0 bridgehead atoms. The molecule has 1 N–H and O–H groups in total. The van der Waals surface area contributed by atoms with E-state index >= 15 is 8.78 Å². The zero-order chi connectivity index (χ0) is 25.6. The normalized spacial score (nSPS) is 14.9. The number of hydrogen-bond acceptors (Lipinski definition) is 3. The first kappa shape index (κ1) is 23.2. The van der Waals surface area contributed by atoms with Gasteiger partial charge in [0.15, 0.2) is 0 Å². The number of phenolic OH excluding ortho intramolecular Hbond substituents is 1. The minimum Gasteiger partial charge on any atom is -0.508 e. The summed E-state index contributed by atoms with van der Waals surface area (Å²) in [6, 6.07) is 10.3. The van der Waals surface area contributed by atoms with Gasteiger partial charge in [-0.05, 0) is 35.8 Å². The van der Waals surface area contributed by atoms with E-state index < -0.39 is 53.2 Å². The van der Waals surface area contributed by atoms with Crippen molar-refractivity contribution >= 4 is 23.1 Å². The number of aromatic hydroxyl groups is 1. The Hall–Kier alpha value is -3.51. The minimum atomic E-state index is -7.07. The van der Waals surface area contributed by atoms with Crippen molar-refractivity contribution in [1.82, 2.24) is 0 Å². The third kappa shape index (κ3) is 2.96. The van der Waals surface area contributed by atoms with Crippen LogP contribution in [0, 0.1) is 0 Å². The molecule has 0 saturated heterocycles. The molecule has 0 atom stereocenters. The number of ether oxygens (including phenoxy) is 2. The summed E-state index contributed by atoms with van der Waals surface area (Å²) < 4.78 is 136. The largest absolute Gasteiger partial charge is 0.508 e. The molecule has 0 aromatic heterocycles. The molecule has 182 valence electrons. The van der Waals surface area contributed by atoms with Crippen LogP contribution in [0.5, 0.6) is 28.7 Å². The monoisotopic (exact) mass is 504 g/mol. The van der Waals surface area contributed by atoms with Crippen molar-refractivity contribution in [1.29, 1.82) is 0 Å². The highest BCUT2D eigenvalue weighted by molar-refractivity contribution is 6.99. The molecule has 2 aliphatic rings. The SMILES string of the molecule is Oc1cccc2c1B1c3c(cccc3Oc3cccc(C(F)(F)C(F)(F)C(F)(F)C(F)(F)F)c31)O2. The Kier molecular flexibility index (Phi) is 4.66. The van der Waals surface area contributed by atoms with Crippen molar-refractivity contribution in [2.45, 2.75) is 23.9 Å². The molecule has 0 fully saturated rings. The van der Waals surface area contributed by atoms with Gasteiger partial charge in [0, 0.05) is 16.5 Å². The summed E-state index contributed by atoms with van der Waals surface area (Å²) in [6.07, 6.45) is -6.96. The minimum absolute atomic E-state index is 0.00291. The lowest BCUT2D eigenvalue weighted by Crippen LogP contribution is -2.63. The molecule has 3 nitrogen and oxygen atoms in total. The lowest BCUT2D eigenvalue weighted by Gasteiger charge is -2.38. The number of fused-ring (bicyclic) bond motifs is 4. The van der Waals surface area contributed by atoms with Gasteiger partial charge in [-0.1, -0.05) is 24.3 Å². The zero-order valence-corrected chi connectivity index (χ0v) is 16.9. The van der Waals surface area contributed by atoms with E-state index in [1.807, 2.05) is 0 Å². The third-order valence-electron chi connectivity index (χ3n) is 5.92. The molecule has 0 radical (unpaired) electrons. The Balaban J connectivity index is 1.81. The maximum absolute atomic E-state index is 15.1. The lowest BCUT2D eigenvalue weighted by atomic mass is 9.33. The molecule has 0 amide bonds. The third-order valence-corrected chi connectivity index (χ3v) is 5.92. The van der Waals surface area contributed by atoms with E-state index in [-0.39, 0.29) is 28.2 Å². The summed E-state index contributed by atoms with van der Waals surface area (Å²) in [5.41, 5.74) is -2.79. The second kappa shape index (κ2) is 7.02. The van der Waals surface area contributed by atoms with E-state index in [2.05, 4.69) is 0 Å². The van der Waals surface area contributed by atoms with Crippen LogP contribution in [0.15, 0.2) is 54.6 Å². The van der Waals surface area contributed by atoms with Crippen LogP contribution >= 0.6 is 0 Å².